The Morgan fingerprint density at radius 1 is 1.48 bits per heavy atom. The Kier molecular flexibility index (Phi) is 5.29. The molecule has 1 amide bonds. The number of aromatic nitrogens is 1. The number of hydrogen-bond acceptors (Lipinski definition) is 5. The van der Waals surface area contributed by atoms with E-state index in [2.05, 4.69) is 4.98 Å². The van der Waals surface area contributed by atoms with Crippen LogP contribution < -0.4 is 4.74 Å². The lowest BCUT2D eigenvalue weighted by Crippen LogP contribution is -2.28. The minimum atomic E-state index is -0.154. The van der Waals surface area contributed by atoms with Crippen LogP contribution >= 0.6 is 11.3 Å². The van der Waals surface area contributed by atoms with Crippen molar-refractivity contribution in [2.45, 2.75) is 13.0 Å². The van der Waals surface area contributed by atoms with E-state index >= 15 is 0 Å². The molecule has 0 saturated heterocycles. The highest BCUT2D eigenvalue weighted by atomic mass is 32.1. The summed E-state index contributed by atoms with van der Waals surface area (Å²) in [4.78, 5) is 18.0. The Morgan fingerprint density at radius 2 is 2.29 bits per heavy atom. The predicted octanol–water partition coefficient (Wildman–Crippen LogP) is 2.71. The van der Waals surface area contributed by atoms with Gasteiger partial charge in [0.1, 0.15) is 12.4 Å². The summed E-state index contributed by atoms with van der Waals surface area (Å²) in [7, 11) is 1.68. The number of rotatable bonds is 6. The van der Waals surface area contributed by atoms with E-state index in [0.717, 1.165) is 5.69 Å². The van der Waals surface area contributed by atoms with E-state index in [1.54, 1.807) is 30.8 Å². The van der Waals surface area contributed by atoms with Crippen molar-refractivity contribution < 1.29 is 9.53 Å². The first-order valence-electron chi connectivity index (χ1n) is 6.43. The molecule has 2 rings (SSSR count). The lowest BCUT2D eigenvalue weighted by atomic mass is 10.1. The van der Waals surface area contributed by atoms with Gasteiger partial charge in [-0.15, -0.1) is 11.3 Å². The molecule has 0 aliphatic carbocycles. The number of nitriles is 1. The molecule has 1 aromatic heterocycles. The quantitative estimate of drug-likeness (QED) is 0.823. The third kappa shape index (κ3) is 4.04. The maximum Gasteiger partial charge on any atom is 0.257 e. The first kappa shape index (κ1) is 15.0. The first-order valence-corrected chi connectivity index (χ1v) is 7.38. The highest BCUT2D eigenvalue weighted by Gasteiger charge is 2.16. The first-order chi connectivity index (χ1) is 10.2. The van der Waals surface area contributed by atoms with Crippen molar-refractivity contribution >= 4 is 17.2 Å². The van der Waals surface area contributed by atoms with Crippen LogP contribution in [0.1, 0.15) is 22.5 Å². The molecule has 0 bridgehead atoms. The van der Waals surface area contributed by atoms with Gasteiger partial charge in [0.2, 0.25) is 0 Å². The van der Waals surface area contributed by atoms with E-state index in [1.165, 1.54) is 16.2 Å². The van der Waals surface area contributed by atoms with E-state index in [-0.39, 0.29) is 5.91 Å². The second-order valence-electron chi connectivity index (χ2n) is 4.40. The molecule has 0 aliphatic rings. The molecule has 1 heterocycles. The third-order valence-electron chi connectivity index (χ3n) is 2.88. The van der Waals surface area contributed by atoms with Gasteiger partial charge in [-0.3, -0.25) is 4.79 Å². The second-order valence-corrected chi connectivity index (χ2v) is 5.12. The molecular weight excluding hydrogens is 286 g/mol. The maximum absolute atomic E-state index is 12.4. The largest absolute Gasteiger partial charge is 0.486 e. The van der Waals surface area contributed by atoms with Gasteiger partial charge in [-0.1, -0.05) is 12.1 Å². The van der Waals surface area contributed by atoms with E-state index in [9.17, 15) is 4.79 Å². The Balaban J connectivity index is 2.09. The van der Waals surface area contributed by atoms with Crippen LogP contribution in [-0.2, 0) is 6.61 Å². The van der Waals surface area contributed by atoms with Crippen LogP contribution in [0, 0.1) is 11.3 Å². The van der Waals surface area contributed by atoms with Gasteiger partial charge in [-0.2, -0.15) is 5.26 Å². The molecule has 0 atom stereocenters. The number of thiazole rings is 1. The smallest absolute Gasteiger partial charge is 0.257 e. The van der Waals surface area contributed by atoms with Crippen molar-refractivity contribution in [1.82, 2.24) is 9.88 Å². The Hall–Kier alpha value is -2.39. The number of hydrogen-bond donors (Lipinski definition) is 0. The normalized spacial score (nSPS) is 9.90. The molecule has 21 heavy (non-hydrogen) atoms. The SMILES string of the molecule is CN(CCC#N)C(=O)c1ccccc1OCc1cscn1. The Labute approximate surface area is 127 Å². The molecule has 0 fully saturated rings. The van der Waals surface area contributed by atoms with Gasteiger partial charge in [0, 0.05) is 19.0 Å². The molecule has 1 aromatic carbocycles. The molecule has 0 N–H and O–H groups in total. The topological polar surface area (TPSA) is 66.2 Å². The third-order valence-corrected chi connectivity index (χ3v) is 3.52. The number of para-hydroxylation sites is 1. The monoisotopic (exact) mass is 301 g/mol. The van der Waals surface area contributed by atoms with E-state index in [1.807, 2.05) is 17.5 Å². The summed E-state index contributed by atoms with van der Waals surface area (Å²) in [6.07, 6.45) is 0.310. The summed E-state index contributed by atoms with van der Waals surface area (Å²) in [5, 5.41) is 10.5. The number of benzene rings is 1. The Bertz CT molecular complexity index is 635. The van der Waals surface area contributed by atoms with Gasteiger partial charge in [0.05, 0.1) is 29.3 Å². The average Bonchev–Trinajstić information content (AvgIpc) is 3.03. The van der Waals surface area contributed by atoms with Gasteiger partial charge in [0.25, 0.3) is 5.91 Å². The van der Waals surface area contributed by atoms with Crippen LogP contribution in [0.5, 0.6) is 5.75 Å². The fourth-order valence-corrected chi connectivity index (χ4v) is 2.30. The standard InChI is InChI=1S/C15H15N3O2S/c1-18(8-4-7-16)15(19)13-5-2-3-6-14(13)20-9-12-10-21-11-17-12/h2-3,5-6,10-11H,4,8-9H2,1H3. The zero-order chi connectivity index (χ0) is 15.1. The van der Waals surface area contributed by atoms with Crippen molar-refractivity contribution in [2.75, 3.05) is 13.6 Å². The molecule has 0 radical (unpaired) electrons. The molecule has 5 nitrogen and oxygen atoms in total. The minimum Gasteiger partial charge on any atom is -0.486 e. The Morgan fingerprint density at radius 3 is 3.00 bits per heavy atom. The van der Waals surface area contributed by atoms with E-state index in [0.29, 0.717) is 30.9 Å². The van der Waals surface area contributed by atoms with Gasteiger partial charge < -0.3 is 9.64 Å². The fourth-order valence-electron chi connectivity index (χ4n) is 1.75. The fraction of sp³-hybridized carbons (Fsp3) is 0.267. The van der Waals surface area contributed by atoms with Crippen LogP contribution in [0.2, 0.25) is 0 Å². The van der Waals surface area contributed by atoms with Gasteiger partial charge in [-0.05, 0) is 12.1 Å². The predicted molar refractivity (Wildman–Crippen MR) is 80.1 cm³/mol. The van der Waals surface area contributed by atoms with Gasteiger partial charge in [-0.25, -0.2) is 4.98 Å². The lowest BCUT2D eigenvalue weighted by molar-refractivity contribution is 0.0793. The number of carbonyl (C=O) groups excluding carboxylic acids is 1. The molecule has 0 spiro atoms. The maximum atomic E-state index is 12.4. The summed E-state index contributed by atoms with van der Waals surface area (Å²) in [6.45, 7) is 0.728. The van der Waals surface area contributed by atoms with Crippen molar-refractivity contribution in [3.8, 4) is 11.8 Å². The summed E-state index contributed by atoms with van der Waals surface area (Å²) in [5.74, 6) is 0.374. The van der Waals surface area contributed by atoms with E-state index in [4.69, 9.17) is 10.00 Å². The summed E-state index contributed by atoms with van der Waals surface area (Å²) in [6, 6.07) is 9.13. The van der Waals surface area contributed by atoms with Crippen molar-refractivity contribution in [1.29, 1.82) is 5.26 Å². The van der Waals surface area contributed by atoms with Gasteiger partial charge >= 0.3 is 0 Å². The van der Waals surface area contributed by atoms with Crippen LogP contribution in [0.25, 0.3) is 0 Å². The summed E-state index contributed by atoms with van der Waals surface area (Å²) < 4.78 is 5.69. The number of nitrogens with zero attached hydrogens (tertiary/aromatic N) is 3. The van der Waals surface area contributed by atoms with Crippen LogP contribution in [-0.4, -0.2) is 29.4 Å². The number of carbonyl (C=O) groups is 1. The zero-order valence-corrected chi connectivity index (χ0v) is 12.5. The molecule has 2 aromatic rings. The molecule has 0 unspecified atom stereocenters. The van der Waals surface area contributed by atoms with Crippen LogP contribution in [0.3, 0.4) is 0 Å². The van der Waals surface area contributed by atoms with Crippen LogP contribution in [0.15, 0.2) is 35.2 Å². The highest BCUT2D eigenvalue weighted by Crippen LogP contribution is 2.21. The summed E-state index contributed by atoms with van der Waals surface area (Å²) >= 11 is 1.50. The lowest BCUT2D eigenvalue weighted by Gasteiger charge is -2.17. The van der Waals surface area contributed by atoms with Crippen molar-refractivity contribution in [3.05, 3.63) is 46.4 Å². The molecular formula is C15H15N3O2S. The van der Waals surface area contributed by atoms with E-state index < -0.39 is 0 Å². The molecule has 6 heteroatoms. The second kappa shape index (κ2) is 7.41. The minimum absolute atomic E-state index is 0.154. The average molecular weight is 301 g/mol. The zero-order valence-electron chi connectivity index (χ0n) is 11.7. The van der Waals surface area contributed by atoms with Crippen molar-refractivity contribution in [3.63, 3.8) is 0 Å². The van der Waals surface area contributed by atoms with Crippen LogP contribution in [0.4, 0.5) is 0 Å². The summed E-state index contributed by atoms with van der Waals surface area (Å²) in [5.41, 5.74) is 3.07. The number of amides is 1. The number of ether oxygens (including phenoxy) is 1. The molecule has 0 aliphatic heterocycles. The molecule has 108 valence electrons. The van der Waals surface area contributed by atoms with Crippen molar-refractivity contribution in [2.24, 2.45) is 0 Å². The highest BCUT2D eigenvalue weighted by molar-refractivity contribution is 7.07. The van der Waals surface area contributed by atoms with Gasteiger partial charge in [0.15, 0.2) is 0 Å². The molecule has 0 saturated carbocycles.